The molecule has 0 spiro atoms. The quantitative estimate of drug-likeness (QED) is 0.671. The summed E-state index contributed by atoms with van der Waals surface area (Å²) in [5.41, 5.74) is 2.04. The Morgan fingerprint density at radius 1 is 1.82 bits per heavy atom. The smallest absolute Gasteiger partial charge is 0.0644 e. The summed E-state index contributed by atoms with van der Waals surface area (Å²) in [5.74, 6) is 0. The molecule has 0 aliphatic carbocycles. The molecule has 0 fully saturated rings. The number of H-pyrrole nitrogens is 1. The summed E-state index contributed by atoms with van der Waals surface area (Å²) in [5, 5.41) is 7.91. The van der Waals surface area contributed by atoms with Crippen LogP contribution in [0.1, 0.15) is 18.2 Å². The van der Waals surface area contributed by atoms with E-state index >= 15 is 0 Å². The molecule has 0 radical (unpaired) electrons. The minimum Gasteiger partial charge on any atom is -0.278 e. The van der Waals surface area contributed by atoms with Gasteiger partial charge in [-0.1, -0.05) is 11.9 Å². The van der Waals surface area contributed by atoms with Crippen LogP contribution in [0.25, 0.3) is 12.2 Å². The summed E-state index contributed by atoms with van der Waals surface area (Å²) in [6.07, 6.45) is 5.57. The average molecular weight is 166 g/mol. The minimum absolute atomic E-state index is 0.965. The van der Waals surface area contributed by atoms with Gasteiger partial charge in [-0.2, -0.15) is 5.10 Å². The van der Waals surface area contributed by atoms with Crippen molar-refractivity contribution in [2.75, 3.05) is 0 Å². The van der Waals surface area contributed by atoms with E-state index in [2.05, 4.69) is 26.0 Å². The molecule has 1 atom stereocenters. The van der Waals surface area contributed by atoms with Crippen molar-refractivity contribution < 1.29 is 0 Å². The maximum atomic E-state index is 3.90. The second kappa shape index (κ2) is 3.49. The fraction of sp³-hybridized carbons (Fsp3) is 0.125. The van der Waals surface area contributed by atoms with Crippen LogP contribution in [0.3, 0.4) is 0 Å². The summed E-state index contributed by atoms with van der Waals surface area (Å²) in [6.45, 7) is 5.68. The zero-order chi connectivity index (χ0) is 8.27. The second-order valence-corrected chi connectivity index (χ2v) is 3.24. The number of aromatic nitrogens is 2. The molecule has 2 nitrogen and oxygen atoms in total. The molecule has 0 saturated carbocycles. The highest BCUT2D eigenvalue weighted by Crippen LogP contribution is 2.13. The van der Waals surface area contributed by atoms with Gasteiger partial charge >= 0.3 is 0 Å². The van der Waals surface area contributed by atoms with Crippen LogP contribution in [0.5, 0.6) is 0 Å². The van der Waals surface area contributed by atoms with Gasteiger partial charge in [0.1, 0.15) is 0 Å². The van der Waals surface area contributed by atoms with Gasteiger partial charge in [-0.25, -0.2) is 0 Å². The van der Waals surface area contributed by atoms with Crippen LogP contribution in [0.4, 0.5) is 0 Å². The molecule has 1 heterocycles. The predicted octanol–water partition coefficient (Wildman–Crippen LogP) is 2.29. The Labute approximate surface area is 68.6 Å². The molecule has 0 aliphatic heterocycles. The lowest BCUT2D eigenvalue weighted by atomic mass is 10.2. The van der Waals surface area contributed by atoms with E-state index in [-0.39, 0.29) is 0 Å². The Kier molecular flexibility index (Phi) is 2.61. The molecule has 1 rings (SSSR count). The number of hydrogen-bond donors (Lipinski definition) is 1. The normalized spacial score (nSPS) is 11.6. The first kappa shape index (κ1) is 8.22. The predicted molar refractivity (Wildman–Crippen MR) is 52.0 cm³/mol. The van der Waals surface area contributed by atoms with Crippen LogP contribution in [0.2, 0.25) is 0 Å². The van der Waals surface area contributed by atoms with Crippen LogP contribution in [0.15, 0.2) is 18.1 Å². The molecule has 1 N–H and O–H groups in total. The van der Waals surface area contributed by atoms with Gasteiger partial charge in [-0.15, -0.1) is 9.24 Å². The number of aromatic amines is 1. The Bertz CT molecular complexity index is 282. The van der Waals surface area contributed by atoms with E-state index in [1.165, 1.54) is 5.31 Å². The third-order valence-corrected chi connectivity index (χ3v) is 1.45. The first-order chi connectivity index (χ1) is 5.24. The maximum Gasteiger partial charge on any atom is 0.0644 e. The summed E-state index contributed by atoms with van der Waals surface area (Å²) in [4.78, 5) is 0. The largest absolute Gasteiger partial charge is 0.278 e. The maximum absolute atomic E-state index is 3.90. The van der Waals surface area contributed by atoms with Gasteiger partial charge in [0.2, 0.25) is 0 Å². The monoisotopic (exact) mass is 166 g/mol. The fourth-order valence-corrected chi connectivity index (χ4v) is 1.01. The van der Waals surface area contributed by atoms with E-state index in [0.29, 0.717) is 0 Å². The number of nitrogens with one attached hydrogen (secondary N) is 1. The second-order valence-electron chi connectivity index (χ2n) is 2.33. The summed E-state index contributed by atoms with van der Waals surface area (Å²) in [7, 11) is 2.63. The van der Waals surface area contributed by atoms with Gasteiger partial charge in [-0.05, 0) is 19.1 Å². The Hall–Kier alpha value is -0.880. The molecule has 1 unspecified atom stereocenters. The zero-order valence-electron chi connectivity index (χ0n) is 6.46. The van der Waals surface area contributed by atoms with Crippen molar-refractivity contribution in [2.24, 2.45) is 0 Å². The van der Waals surface area contributed by atoms with Crippen LogP contribution >= 0.6 is 9.24 Å². The summed E-state index contributed by atoms with van der Waals surface area (Å²) < 4.78 is 0. The molecule has 0 bridgehead atoms. The van der Waals surface area contributed by atoms with Gasteiger partial charge in [0, 0.05) is 5.56 Å². The third kappa shape index (κ3) is 2.02. The topological polar surface area (TPSA) is 28.7 Å². The van der Waals surface area contributed by atoms with Gasteiger partial charge in [0.25, 0.3) is 0 Å². The molecule has 3 heteroatoms. The van der Waals surface area contributed by atoms with E-state index in [1.54, 1.807) is 12.3 Å². The molecule has 0 aliphatic rings. The lowest BCUT2D eigenvalue weighted by molar-refractivity contribution is 1.08. The van der Waals surface area contributed by atoms with E-state index in [9.17, 15) is 0 Å². The van der Waals surface area contributed by atoms with Gasteiger partial charge in [0.15, 0.2) is 0 Å². The minimum atomic E-state index is 0.965. The Balaban J connectivity index is 3.03. The zero-order valence-corrected chi connectivity index (χ0v) is 7.62. The van der Waals surface area contributed by atoms with E-state index in [1.807, 2.05) is 13.0 Å². The molecular formula is C8H11N2P. The van der Waals surface area contributed by atoms with Crippen molar-refractivity contribution in [2.45, 2.75) is 6.92 Å². The molecule has 58 valence electrons. The van der Waals surface area contributed by atoms with Crippen LogP contribution < -0.4 is 0 Å². The highest BCUT2D eigenvalue weighted by molar-refractivity contribution is 7.22. The van der Waals surface area contributed by atoms with E-state index in [4.69, 9.17) is 0 Å². The molecule has 1 aromatic heterocycles. The fourth-order valence-electron chi connectivity index (χ4n) is 0.829. The van der Waals surface area contributed by atoms with Crippen molar-refractivity contribution in [1.82, 2.24) is 10.2 Å². The first-order valence-corrected chi connectivity index (χ1v) is 3.91. The molecule has 1 aromatic rings. The van der Waals surface area contributed by atoms with Crippen molar-refractivity contribution in [3.05, 3.63) is 29.3 Å². The van der Waals surface area contributed by atoms with Crippen LogP contribution in [0, 0.1) is 0 Å². The van der Waals surface area contributed by atoms with Gasteiger partial charge < -0.3 is 0 Å². The molecule has 0 saturated heterocycles. The summed E-state index contributed by atoms with van der Waals surface area (Å²) >= 11 is 0. The number of hydrogen-bond acceptors (Lipinski definition) is 1. The third-order valence-electron chi connectivity index (χ3n) is 1.29. The Morgan fingerprint density at radius 2 is 2.55 bits per heavy atom. The van der Waals surface area contributed by atoms with Crippen molar-refractivity contribution >= 4 is 21.4 Å². The van der Waals surface area contributed by atoms with E-state index < -0.39 is 0 Å². The van der Waals surface area contributed by atoms with Gasteiger partial charge in [0.05, 0.1) is 11.9 Å². The molecule has 0 amide bonds. The van der Waals surface area contributed by atoms with Crippen LogP contribution in [-0.4, -0.2) is 10.2 Å². The Morgan fingerprint density at radius 3 is 3.09 bits per heavy atom. The molecule has 11 heavy (non-hydrogen) atoms. The van der Waals surface area contributed by atoms with Crippen molar-refractivity contribution in [3.63, 3.8) is 0 Å². The highest BCUT2D eigenvalue weighted by atomic mass is 31.0. The lowest BCUT2D eigenvalue weighted by Crippen LogP contribution is -1.74. The van der Waals surface area contributed by atoms with Crippen molar-refractivity contribution in [3.8, 4) is 0 Å². The average Bonchev–Trinajstić information content (AvgIpc) is 2.34. The standard InChI is InChI=1S/C8H11N2P/c1-3-8-7(4-6(2)11)5-9-10-8/h3-5H,1,11H2,2H3,(H,9,10)/b6-4+. The number of allylic oxidation sites excluding steroid dienone is 1. The SMILES string of the molecule is C=Cc1[nH]ncc1/C=C(\C)P. The number of rotatable bonds is 2. The highest BCUT2D eigenvalue weighted by Gasteiger charge is 1.95. The molecule has 0 aromatic carbocycles. The molecular weight excluding hydrogens is 155 g/mol. The lowest BCUT2D eigenvalue weighted by Gasteiger charge is -1.90. The number of nitrogens with zero attached hydrogens (tertiary/aromatic N) is 1. The van der Waals surface area contributed by atoms with Gasteiger partial charge in [-0.3, -0.25) is 5.10 Å². The van der Waals surface area contributed by atoms with E-state index in [0.717, 1.165) is 11.3 Å². The van der Waals surface area contributed by atoms with Crippen LogP contribution in [-0.2, 0) is 0 Å². The van der Waals surface area contributed by atoms with Crippen molar-refractivity contribution in [1.29, 1.82) is 0 Å². The summed E-state index contributed by atoms with van der Waals surface area (Å²) in [6, 6.07) is 0. The first-order valence-electron chi connectivity index (χ1n) is 3.33.